The van der Waals surface area contributed by atoms with E-state index in [-0.39, 0.29) is 17.4 Å². The molecule has 11 heteroatoms. The van der Waals surface area contributed by atoms with Crippen LogP contribution in [0.1, 0.15) is 40.3 Å². The SMILES string of the molecule is CC(c1ccccc1)(c1ccccc1)c1cc(-c2ccccc2)cc(C=Nc2cc(C(F)(F)F)cc(C(F)(F)F)c2)c1O.[Cl][Zr][Cl]. The van der Waals surface area contributed by atoms with Gasteiger partial charge in [0, 0.05) is 22.8 Å². The van der Waals surface area contributed by atoms with Gasteiger partial charge in [0.15, 0.2) is 0 Å². The third-order valence-corrected chi connectivity index (χ3v) is 7.41. The molecule has 0 aliphatic rings. The van der Waals surface area contributed by atoms with Crippen LogP contribution < -0.4 is 0 Å². The van der Waals surface area contributed by atoms with E-state index in [1.165, 1.54) is 0 Å². The number of alkyl halides is 6. The van der Waals surface area contributed by atoms with Gasteiger partial charge in [0.2, 0.25) is 0 Å². The van der Waals surface area contributed by atoms with Gasteiger partial charge in [-0.1, -0.05) is 91.0 Å². The maximum absolute atomic E-state index is 13.5. The molecular formula is C35H25Cl2F6NOZr. The van der Waals surface area contributed by atoms with Crippen LogP contribution in [0.4, 0.5) is 32.0 Å². The topological polar surface area (TPSA) is 32.6 Å². The van der Waals surface area contributed by atoms with Crippen molar-refractivity contribution in [1.82, 2.24) is 0 Å². The molecule has 5 rings (SSSR count). The molecule has 0 saturated carbocycles. The standard InChI is InChI=1S/C35H25F6NO.2ClH.Zr/c1-33(26-13-7-3-8-14-26,27-15-9-4-10-16-27)31-18-24(23-11-5-2-6-12-23)17-25(32(31)43)22-42-30-20-28(34(36,37)38)19-29(21-30)35(39,40)41;;;/h2-22,43H,1H3;2*1H;/q;;;+2/p-2. The fraction of sp³-hybridized carbons (Fsp3) is 0.114. The van der Waals surface area contributed by atoms with E-state index in [2.05, 4.69) is 4.99 Å². The zero-order valence-electron chi connectivity index (χ0n) is 24.0. The van der Waals surface area contributed by atoms with Gasteiger partial charge in [-0.25, -0.2) is 0 Å². The summed E-state index contributed by atoms with van der Waals surface area (Å²) >= 11 is -0.826. The van der Waals surface area contributed by atoms with Gasteiger partial charge in [0.05, 0.1) is 16.8 Å². The van der Waals surface area contributed by atoms with E-state index in [9.17, 15) is 31.4 Å². The number of phenols is 1. The second-order valence-corrected chi connectivity index (χ2v) is 14.0. The third-order valence-electron chi connectivity index (χ3n) is 7.41. The van der Waals surface area contributed by atoms with E-state index < -0.39 is 55.4 Å². The maximum atomic E-state index is 13.5. The molecule has 2 nitrogen and oxygen atoms in total. The third kappa shape index (κ3) is 8.30. The molecule has 0 saturated heterocycles. The average Bonchev–Trinajstić information content (AvgIpc) is 3.04. The molecule has 5 aromatic rings. The summed E-state index contributed by atoms with van der Waals surface area (Å²) in [5.41, 5.74) is -0.617. The number of aliphatic imine (C=N–C) groups is 1. The molecule has 46 heavy (non-hydrogen) atoms. The second-order valence-electron chi connectivity index (χ2n) is 10.3. The molecule has 0 aliphatic heterocycles. The molecular weight excluding hydrogens is 727 g/mol. The van der Waals surface area contributed by atoms with E-state index in [1.54, 1.807) is 6.07 Å². The molecule has 1 N–H and O–H groups in total. The minimum absolute atomic E-state index is 0.0514. The first-order valence-electron chi connectivity index (χ1n) is 13.6. The van der Waals surface area contributed by atoms with Gasteiger partial charge in [-0.15, -0.1) is 0 Å². The molecule has 0 aromatic heterocycles. The number of aromatic hydroxyl groups is 1. The molecule has 236 valence electrons. The van der Waals surface area contributed by atoms with Gasteiger partial charge in [0.1, 0.15) is 5.75 Å². The van der Waals surface area contributed by atoms with Crippen LogP contribution in [0, 0.1) is 0 Å². The number of benzene rings is 5. The number of halogens is 8. The van der Waals surface area contributed by atoms with Gasteiger partial charge in [-0.2, -0.15) is 26.3 Å². The van der Waals surface area contributed by atoms with Crippen LogP contribution >= 0.6 is 17.0 Å². The van der Waals surface area contributed by atoms with Crippen LogP contribution in [0.2, 0.25) is 0 Å². The van der Waals surface area contributed by atoms with Crippen molar-refractivity contribution in [2.75, 3.05) is 0 Å². The molecule has 0 radical (unpaired) electrons. The molecule has 5 aromatic carbocycles. The quantitative estimate of drug-likeness (QED) is 0.105. The summed E-state index contributed by atoms with van der Waals surface area (Å²) in [6.45, 7) is 1.95. The molecule has 0 spiro atoms. The van der Waals surface area contributed by atoms with E-state index in [1.807, 2.05) is 104 Å². The zero-order valence-corrected chi connectivity index (χ0v) is 28.0. The number of rotatable bonds is 6. The minimum atomic E-state index is -5.01. The first-order chi connectivity index (χ1) is 21.8. The number of hydrogen-bond acceptors (Lipinski definition) is 2. The van der Waals surface area contributed by atoms with Crippen LogP contribution in [0.5, 0.6) is 5.75 Å². The average molecular weight is 752 g/mol. The Kier molecular flexibility index (Phi) is 11.6. The van der Waals surface area contributed by atoms with E-state index in [4.69, 9.17) is 17.0 Å². The van der Waals surface area contributed by atoms with Crippen LogP contribution in [0.3, 0.4) is 0 Å². The number of hydrogen-bond donors (Lipinski definition) is 1. The Labute approximate surface area is 281 Å². The van der Waals surface area contributed by atoms with Crippen molar-refractivity contribution >= 4 is 28.9 Å². The normalized spacial score (nSPS) is 12.0. The van der Waals surface area contributed by atoms with Crippen molar-refractivity contribution in [2.45, 2.75) is 24.7 Å². The van der Waals surface area contributed by atoms with Crippen molar-refractivity contribution in [3.63, 3.8) is 0 Å². The summed E-state index contributed by atoms with van der Waals surface area (Å²) < 4.78 is 80.7. The fourth-order valence-electron chi connectivity index (χ4n) is 5.11. The Morgan fingerprint density at radius 3 is 1.48 bits per heavy atom. The molecule has 0 atom stereocenters. The van der Waals surface area contributed by atoms with Gasteiger partial charge < -0.3 is 5.11 Å². The summed E-state index contributed by atoms with van der Waals surface area (Å²) in [6.07, 6.45) is -8.93. The molecule has 0 heterocycles. The number of nitrogens with zero attached hydrogens (tertiary/aromatic N) is 1. The van der Waals surface area contributed by atoms with Gasteiger partial charge in [0.25, 0.3) is 0 Å². The van der Waals surface area contributed by atoms with Crippen molar-refractivity contribution in [1.29, 1.82) is 0 Å². The predicted molar refractivity (Wildman–Crippen MR) is 167 cm³/mol. The predicted octanol–water partition coefficient (Wildman–Crippen LogP) is 11.6. The van der Waals surface area contributed by atoms with Crippen LogP contribution in [0.25, 0.3) is 11.1 Å². The van der Waals surface area contributed by atoms with Crippen LogP contribution in [-0.4, -0.2) is 11.3 Å². The van der Waals surface area contributed by atoms with Crippen molar-refractivity contribution in [2.24, 2.45) is 4.99 Å². The van der Waals surface area contributed by atoms with Gasteiger partial charge in [-0.05, 0) is 59.5 Å². The fourth-order valence-corrected chi connectivity index (χ4v) is 5.11. The second kappa shape index (κ2) is 15.0. The Bertz CT molecular complexity index is 1710. The zero-order chi connectivity index (χ0) is 33.5. The Hall–Kier alpha value is -3.39. The van der Waals surface area contributed by atoms with Crippen molar-refractivity contribution in [3.05, 3.63) is 155 Å². The molecule has 0 fully saturated rings. The molecule has 0 amide bonds. The van der Waals surface area contributed by atoms with E-state index >= 15 is 0 Å². The summed E-state index contributed by atoms with van der Waals surface area (Å²) in [5.74, 6) is -0.207. The summed E-state index contributed by atoms with van der Waals surface area (Å²) in [7, 11) is 9.87. The first kappa shape index (κ1) is 35.5. The van der Waals surface area contributed by atoms with E-state index in [0.29, 0.717) is 23.3 Å². The summed E-state index contributed by atoms with van der Waals surface area (Å²) in [5, 5.41) is 11.7. The van der Waals surface area contributed by atoms with Gasteiger partial charge >= 0.3 is 50.2 Å². The van der Waals surface area contributed by atoms with E-state index in [0.717, 1.165) is 22.9 Å². The Morgan fingerprint density at radius 2 is 1.04 bits per heavy atom. The molecule has 0 bridgehead atoms. The van der Waals surface area contributed by atoms with Crippen molar-refractivity contribution < 1.29 is 52.3 Å². The van der Waals surface area contributed by atoms with Crippen LogP contribution in [-0.2, 0) is 38.6 Å². The molecule has 0 unspecified atom stereocenters. The summed E-state index contributed by atoms with van der Waals surface area (Å²) in [6, 6.07) is 32.8. The first-order valence-corrected chi connectivity index (χ1v) is 20.0. The summed E-state index contributed by atoms with van der Waals surface area (Å²) in [4.78, 5) is 4.00. The molecule has 0 aliphatic carbocycles. The number of phenolic OH excluding ortho intramolecular Hbond substituents is 1. The Morgan fingerprint density at radius 1 is 0.609 bits per heavy atom. The van der Waals surface area contributed by atoms with Gasteiger partial charge in [-0.3, -0.25) is 4.99 Å². The van der Waals surface area contributed by atoms with Crippen molar-refractivity contribution in [3.8, 4) is 16.9 Å². The van der Waals surface area contributed by atoms with Crippen LogP contribution in [0.15, 0.2) is 126 Å². The Balaban J connectivity index is 0.00000154. The monoisotopic (exact) mass is 749 g/mol.